The molecule has 1 N–H and O–H groups in total. The second-order valence-electron chi connectivity index (χ2n) is 6.82. The smallest absolute Gasteiger partial charge is 0.340 e. The number of esters is 1. The second kappa shape index (κ2) is 8.44. The van der Waals surface area contributed by atoms with Gasteiger partial charge in [-0.2, -0.15) is 0 Å². The number of hydrogen-bond donors (Lipinski definition) is 1. The van der Waals surface area contributed by atoms with Crippen molar-refractivity contribution in [1.29, 1.82) is 0 Å². The zero-order valence-electron chi connectivity index (χ0n) is 16.5. The zero-order chi connectivity index (χ0) is 20.3. The van der Waals surface area contributed by atoms with Crippen LogP contribution in [0.25, 0.3) is 0 Å². The van der Waals surface area contributed by atoms with Gasteiger partial charge in [0.15, 0.2) is 6.61 Å². The van der Waals surface area contributed by atoms with Gasteiger partial charge in [0.05, 0.1) is 12.1 Å². The summed E-state index contributed by atoms with van der Waals surface area (Å²) >= 11 is 1.68. The van der Waals surface area contributed by atoms with Gasteiger partial charge in [-0.05, 0) is 62.4 Å². The second-order valence-corrected chi connectivity index (χ2v) is 7.85. The molecule has 0 aliphatic heterocycles. The number of ether oxygens (including phenoxy) is 1. The van der Waals surface area contributed by atoms with E-state index in [9.17, 15) is 9.59 Å². The number of carbonyl (C=O) groups excluding carboxylic acids is 2. The van der Waals surface area contributed by atoms with Crippen molar-refractivity contribution in [1.82, 2.24) is 4.57 Å². The molecular formula is C22H24N2O3S. The van der Waals surface area contributed by atoms with Crippen molar-refractivity contribution >= 4 is 28.9 Å². The highest BCUT2D eigenvalue weighted by Crippen LogP contribution is 2.20. The maximum absolute atomic E-state index is 12.5. The summed E-state index contributed by atoms with van der Waals surface area (Å²) in [7, 11) is 0. The Morgan fingerprint density at radius 3 is 2.61 bits per heavy atom. The molecule has 0 fully saturated rings. The van der Waals surface area contributed by atoms with Gasteiger partial charge in [0.2, 0.25) is 0 Å². The first-order valence-corrected chi connectivity index (χ1v) is 9.97. The van der Waals surface area contributed by atoms with Crippen molar-refractivity contribution in [3.63, 3.8) is 0 Å². The van der Waals surface area contributed by atoms with Crippen molar-refractivity contribution in [2.45, 2.75) is 34.2 Å². The highest BCUT2D eigenvalue weighted by Gasteiger charge is 2.18. The number of hydrogen-bond acceptors (Lipinski definition) is 4. The fourth-order valence-corrected chi connectivity index (χ4v) is 3.78. The highest BCUT2D eigenvalue weighted by atomic mass is 32.1. The maximum atomic E-state index is 12.5. The molecule has 0 saturated carbocycles. The van der Waals surface area contributed by atoms with Crippen LogP contribution in [0.5, 0.6) is 0 Å². The average molecular weight is 397 g/mol. The molecule has 3 aromatic rings. The number of benzene rings is 1. The van der Waals surface area contributed by atoms with Gasteiger partial charge in [0.25, 0.3) is 5.91 Å². The molecule has 3 rings (SSSR count). The van der Waals surface area contributed by atoms with Gasteiger partial charge in [0.1, 0.15) is 0 Å². The van der Waals surface area contributed by atoms with Crippen LogP contribution in [0, 0.1) is 27.7 Å². The third kappa shape index (κ3) is 4.34. The molecule has 28 heavy (non-hydrogen) atoms. The lowest BCUT2D eigenvalue weighted by Gasteiger charge is -2.11. The van der Waals surface area contributed by atoms with Gasteiger partial charge in [-0.1, -0.05) is 18.2 Å². The van der Waals surface area contributed by atoms with Crippen LogP contribution >= 0.6 is 11.3 Å². The summed E-state index contributed by atoms with van der Waals surface area (Å²) < 4.78 is 7.34. The van der Waals surface area contributed by atoms with E-state index in [1.807, 2.05) is 63.4 Å². The van der Waals surface area contributed by atoms with Crippen molar-refractivity contribution in [2.24, 2.45) is 0 Å². The van der Waals surface area contributed by atoms with Gasteiger partial charge in [0, 0.05) is 22.0 Å². The van der Waals surface area contributed by atoms with Gasteiger partial charge in [-0.15, -0.1) is 11.3 Å². The molecule has 146 valence electrons. The van der Waals surface area contributed by atoms with Gasteiger partial charge in [-0.25, -0.2) is 4.79 Å². The number of rotatable bonds is 6. The molecule has 0 radical (unpaired) electrons. The molecule has 0 unspecified atom stereocenters. The van der Waals surface area contributed by atoms with Crippen molar-refractivity contribution in [3.05, 3.63) is 74.7 Å². The number of amides is 1. The van der Waals surface area contributed by atoms with Crippen LogP contribution in [-0.2, 0) is 16.1 Å². The number of carbonyl (C=O) groups is 2. The largest absolute Gasteiger partial charge is 0.452 e. The SMILES string of the molecule is Cc1cccc(NC(=O)COC(=O)c2cc(C)n(Cc3cccs3)c2C)c1C. The lowest BCUT2D eigenvalue weighted by molar-refractivity contribution is -0.119. The molecule has 0 spiro atoms. The Morgan fingerprint density at radius 1 is 1.11 bits per heavy atom. The van der Waals surface area contributed by atoms with Crippen LogP contribution in [0.15, 0.2) is 41.8 Å². The fraction of sp³-hybridized carbons (Fsp3) is 0.273. The minimum atomic E-state index is -0.485. The van der Waals surface area contributed by atoms with Crippen molar-refractivity contribution in [2.75, 3.05) is 11.9 Å². The third-order valence-corrected chi connectivity index (χ3v) is 5.76. The third-order valence-electron chi connectivity index (χ3n) is 4.90. The fourth-order valence-electron chi connectivity index (χ4n) is 3.09. The standard InChI is InChI=1S/C22H24N2O3S/c1-14-7-5-9-20(16(14)3)23-21(25)13-27-22(26)19-11-15(2)24(17(19)4)12-18-8-6-10-28-18/h5-11H,12-13H2,1-4H3,(H,23,25). The molecule has 0 aliphatic carbocycles. The van der Waals surface area contributed by atoms with E-state index >= 15 is 0 Å². The van der Waals surface area contributed by atoms with E-state index in [-0.39, 0.29) is 12.5 Å². The molecule has 1 amide bonds. The Morgan fingerprint density at radius 2 is 1.89 bits per heavy atom. The molecule has 5 nitrogen and oxygen atoms in total. The summed E-state index contributed by atoms with van der Waals surface area (Å²) in [5.41, 5.74) is 5.14. The molecule has 2 heterocycles. The van der Waals surface area contributed by atoms with E-state index in [1.54, 1.807) is 11.3 Å². The number of anilines is 1. The summed E-state index contributed by atoms with van der Waals surface area (Å²) in [5.74, 6) is -0.837. The van der Waals surface area contributed by atoms with E-state index < -0.39 is 5.97 Å². The van der Waals surface area contributed by atoms with Crippen molar-refractivity contribution < 1.29 is 14.3 Å². The van der Waals surface area contributed by atoms with Crippen LogP contribution in [-0.4, -0.2) is 23.1 Å². The Labute approximate surface area is 169 Å². The van der Waals surface area contributed by atoms with E-state index in [4.69, 9.17) is 4.74 Å². The first kappa shape index (κ1) is 19.9. The summed E-state index contributed by atoms with van der Waals surface area (Å²) in [6.45, 7) is 8.19. The first-order valence-electron chi connectivity index (χ1n) is 9.09. The monoisotopic (exact) mass is 396 g/mol. The number of nitrogens with one attached hydrogen (secondary N) is 1. The van der Waals surface area contributed by atoms with Crippen LogP contribution < -0.4 is 5.32 Å². The summed E-state index contributed by atoms with van der Waals surface area (Å²) in [4.78, 5) is 25.9. The van der Waals surface area contributed by atoms with Gasteiger partial charge >= 0.3 is 5.97 Å². The Balaban J connectivity index is 1.63. The summed E-state index contributed by atoms with van der Waals surface area (Å²) in [5, 5.41) is 4.83. The Hall–Kier alpha value is -2.86. The minimum absolute atomic E-state index is 0.319. The predicted molar refractivity (Wildman–Crippen MR) is 112 cm³/mol. The van der Waals surface area contributed by atoms with Crippen LogP contribution in [0.1, 0.15) is 37.7 Å². The number of aryl methyl sites for hydroxylation is 2. The van der Waals surface area contributed by atoms with Crippen LogP contribution in [0.3, 0.4) is 0 Å². The molecule has 6 heteroatoms. The first-order chi connectivity index (χ1) is 13.4. The highest BCUT2D eigenvalue weighted by molar-refractivity contribution is 7.09. The molecule has 2 aromatic heterocycles. The summed E-state index contributed by atoms with van der Waals surface area (Å²) in [6, 6.07) is 11.6. The van der Waals surface area contributed by atoms with Crippen LogP contribution in [0.4, 0.5) is 5.69 Å². The van der Waals surface area contributed by atoms with E-state index in [0.29, 0.717) is 5.56 Å². The Kier molecular flexibility index (Phi) is 5.99. The van der Waals surface area contributed by atoms with Crippen molar-refractivity contribution in [3.8, 4) is 0 Å². The van der Waals surface area contributed by atoms with E-state index in [2.05, 4.69) is 16.0 Å². The van der Waals surface area contributed by atoms with Crippen LogP contribution in [0.2, 0.25) is 0 Å². The quantitative estimate of drug-likeness (QED) is 0.618. The molecule has 0 aliphatic rings. The number of aromatic nitrogens is 1. The Bertz CT molecular complexity index is 1000. The summed E-state index contributed by atoms with van der Waals surface area (Å²) in [6.07, 6.45) is 0. The maximum Gasteiger partial charge on any atom is 0.340 e. The molecule has 1 aromatic carbocycles. The lowest BCUT2D eigenvalue weighted by Crippen LogP contribution is -2.21. The number of nitrogens with zero attached hydrogens (tertiary/aromatic N) is 1. The zero-order valence-corrected chi connectivity index (χ0v) is 17.4. The molecule has 0 bridgehead atoms. The van der Waals surface area contributed by atoms with Gasteiger partial charge in [-0.3, -0.25) is 4.79 Å². The molecule has 0 saturated heterocycles. The van der Waals surface area contributed by atoms with E-state index in [0.717, 1.165) is 34.7 Å². The normalized spacial score (nSPS) is 10.7. The lowest BCUT2D eigenvalue weighted by atomic mass is 10.1. The molecule has 0 atom stereocenters. The predicted octanol–water partition coefficient (Wildman–Crippen LogP) is 4.63. The topological polar surface area (TPSA) is 60.3 Å². The number of thiophene rings is 1. The average Bonchev–Trinajstić information content (AvgIpc) is 3.27. The van der Waals surface area contributed by atoms with Gasteiger partial charge < -0.3 is 14.6 Å². The molecular weight excluding hydrogens is 372 g/mol. The van der Waals surface area contributed by atoms with E-state index in [1.165, 1.54) is 4.88 Å². The minimum Gasteiger partial charge on any atom is -0.452 e.